The Morgan fingerprint density at radius 2 is 1.60 bits per heavy atom. The maximum Gasteiger partial charge on any atom is 0.335 e. The van der Waals surface area contributed by atoms with Crippen LogP contribution in [0.1, 0.15) is 26.3 Å². The van der Waals surface area contributed by atoms with Gasteiger partial charge in [0, 0.05) is 16.8 Å². The molecule has 0 aromatic heterocycles. The summed E-state index contributed by atoms with van der Waals surface area (Å²) in [5.74, 6) is -1.14. The van der Waals surface area contributed by atoms with Crippen LogP contribution in [-0.2, 0) is 0 Å². The topological polar surface area (TPSA) is 57.6 Å². The van der Waals surface area contributed by atoms with Gasteiger partial charge in [-0.1, -0.05) is 24.8 Å². The number of benzene rings is 2. The number of carboxylic acid groups (broad SMARTS) is 1. The highest BCUT2D eigenvalue weighted by Gasteiger charge is 2.31. The second-order valence-electron chi connectivity index (χ2n) is 4.48. The van der Waals surface area contributed by atoms with Crippen molar-refractivity contribution < 1.29 is 14.7 Å². The van der Waals surface area contributed by atoms with E-state index in [0.717, 1.165) is 5.56 Å². The van der Waals surface area contributed by atoms with Crippen molar-refractivity contribution in [3.63, 3.8) is 0 Å². The number of anilines is 1. The van der Waals surface area contributed by atoms with Crippen molar-refractivity contribution in [1.82, 2.24) is 0 Å². The summed E-state index contributed by atoms with van der Waals surface area (Å²) in [6, 6.07) is 13.4. The van der Waals surface area contributed by atoms with Crippen molar-refractivity contribution in [1.29, 1.82) is 0 Å². The fourth-order valence-corrected chi connectivity index (χ4v) is 2.31. The van der Waals surface area contributed by atoms with Crippen LogP contribution in [0.25, 0.3) is 5.70 Å². The lowest BCUT2D eigenvalue weighted by Gasteiger charge is -2.17. The summed E-state index contributed by atoms with van der Waals surface area (Å²) in [7, 11) is 0. The first-order chi connectivity index (χ1) is 9.59. The molecule has 0 saturated carbocycles. The largest absolute Gasteiger partial charge is 0.478 e. The maximum absolute atomic E-state index is 12.4. The Morgan fingerprint density at radius 3 is 2.15 bits per heavy atom. The van der Waals surface area contributed by atoms with Crippen LogP contribution in [0.2, 0.25) is 0 Å². The number of nitrogens with zero attached hydrogens (tertiary/aromatic N) is 1. The Morgan fingerprint density at radius 1 is 1.00 bits per heavy atom. The molecule has 4 heteroatoms. The predicted octanol–water partition coefficient (Wildman–Crippen LogP) is 3.02. The fourth-order valence-electron chi connectivity index (χ4n) is 2.31. The molecule has 0 bridgehead atoms. The summed E-state index contributed by atoms with van der Waals surface area (Å²) in [5.41, 5.74) is 2.82. The van der Waals surface area contributed by atoms with Crippen molar-refractivity contribution in [2.24, 2.45) is 0 Å². The zero-order valence-electron chi connectivity index (χ0n) is 10.5. The van der Waals surface area contributed by atoms with Crippen molar-refractivity contribution >= 4 is 23.3 Å². The highest BCUT2D eigenvalue weighted by molar-refractivity contribution is 6.22. The van der Waals surface area contributed by atoms with Crippen LogP contribution in [0.3, 0.4) is 0 Å². The van der Waals surface area contributed by atoms with Gasteiger partial charge in [-0.15, -0.1) is 0 Å². The summed E-state index contributed by atoms with van der Waals surface area (Å²) in [4.78, 5) is 24.7. The Labute approximate surface area is 115 Å². The molecule has 0 fully saturated rings. The van der Waals surface area contributed by atoms with E-state index in [1.165, 1.54) is 17.0 Å². The summed E-state index contributed by atoms with van der Waals surface area (Å²) in [6.07, 6.45) is 0. The first-order valence-electron chi connectivity index (χ1n) is 6.05. The van der Waals surface area contributed by atoms with Crippen LogP contribution in [0.15, 0.2) is 55.1 Å². The average molecular weight is 265 g/mol. The van der Waals surface area contributed by atoms with Crippen LogP contribution in [0.5, 0.6) is 0 Å². The van der Waals surface area contributed by atoms with Gasteiger partial charge in [0.1, 0.15) is 0 Å². The Kier molecular flexibility index (Phi) is 2.64. The minimum atomic E-state index is -0.994. The molecule has 1 heterocycles. The maximum atomic E-state index is 12.4. The summed E-state index contributed by atoms with van der Waals surface area (Å²) >= 11 is 0. The van der Waals surface area contributed by atoms with E-state index in [1.807, 2.05) is 12.1 Å². The Balaban J connectivity index is 2.02. The predicted molar refractivity (Wildman–Crippen MR) is 75.7 cm³/mol. The van der Waals surface area contributed by atoms with Gasteiger partial charge in [-0.05, 0) is 30.3 Å². The smallest absolute Gasteiger partial charge is 0.335 e. The number of rotatable bonds is 2. The molecule has 3 rings (SSSR count). The van der Waals surface area contributed by atoms with Crippen molar-refractivity contribution in [3.8, 4) is 0 Å². The lowest BCUT2D eigenvalue weighted by molar-refractivity contribution is 0.0696. The van der Waals surface area contributed by atoms with E-state index < -0.39 is 5.97 Å². The first-order valence-corrected chi connectivity index (χ1v) is 6.05. The van der Waals surface area contributed by atoms with Crippen molar-refractivity contribution in [2.75, 3.05) is 4.90 Å². The monoisotopic (exact) mass is 265 g/mol. The van der Waals surface area contributed by atoms with Crippen LogP contribution >= 0.6 is 0 Å². The molecule has 1 amide bonds. The Bertz CT molecular complexity index is 697. The van der Waals surface area contributed by atoms with E-state index in [4.69, 9.17) is 5.11 Å². The molecule has 2 aromatic carbocycles. The number of hydrogen-bond donors (Lipinski definition) is 1. The van der Waals surface area contributed by atoms with Gasteiger partial charge in [-0.3, -0.25) is 9.69 Å². The summed E-state index contributed by atoms with van der Waals surface area (Å²) in [6.45, 7) is 3.95. The van der Waals surface area contributed by atoms with Crippen LogP contribution < -0.4 is 4.90 Å². The van der Waals surface area contributed by atoms with Gasteiger partial charge in [0.25, 0.3) is 5.91 Å². The molecule has 1 N–H and O–H groups in total. The SMILES string of the molecule is C=C1c2ccccc2C(=O)N1c1ccc(C(=O)O)cc1. The molecule has 0 atom stereocenters. The molecule has 4 nitrogen and oxygen atoms in total. The molecule has 98 valence electrons. The van der Waals surface area contributed by atoms with Gasteiger partial charge < -0.3 is 5.11 Å². The number of aromatic carboxylic acids is 1. The van der Waals surface area contributed by atoms with Crippen molar-refractivity contribution in [3.05, 3.63) is 71.8 Å². The van der Waals surface area contributed by atoms with Crippen molar-refractivity contribution in [2.45, 2.75) is 0 Å². The fraction of sp³-hybridized carbons (Fsp3) is 0. The lowest BCUT2D eigenvalue weighted by Crippen LogP contribution is -2.21. The first kappa shape index (κ1) is 12.2. The molecular formula is C16H11NO3. The third kappa shape index (κ3) is 1.70. The van der Waals surface area contributed by atoms with E-state index in [2.05, 4.69) is 6.58 Å². The lowest BCUT2D eigenvalue weighted by atomic mass is 10.1. The zero-order valence-corrected chi connectivity index (χ0v) is 10.5. The average Bonchev–Trinajstić information content (AvgIpc) is 2.72. The number of carbonyl (C=O) groups is 2. The van der Waals surface area contributed by atoms with E-state index in [0.29, 0.717) is 16.9 Å². The quantitative estimate of drug-likeness (QED) is 0.908. The normalized spacial score (nSPS) is 13.5. The standard InChI is InChI=1S/C16H11NO3/c1-10-13-4-2-3-5-14(13)15(18)17(10)12-8-6-11(7-9-12)16(19)20/h2-9H,1H2,(H,19,20). The number of carboxylic acids is 1. The third-order valence-electron chi connectivity index (χ3n) is 3.31. The van der Waals surface area contributed by atoms with Gasteiger partial charge in [-0.25, -0.2) is 4.79 Å². The van der Waals surface area contributed by atoms with E-state index >= 15 is 0 Å². The highest BCUT2D eigenvalue weighted by Crippen LogP contribution is 2.35. The van der Waals surface area contributed by atoms with E-state index in [1.54, 1.807) is 24.3 Å². The molecule has 1 aliphatic rings. The third-order valence-corrected chi connectivity index (χ3v) is 3.31. The minimum absolute atomic E-state index is 0.145. The molecule has 0 spiro atoms. The number of fused-ring (bicyclic) bond motifs is 1. The molecule has 0 saturated heterocycles. The highest BCUT2D eigenvalue weighted by atomic mass is 16.4. The number of amides is 1. The molecule has 0 aliphatic carbocycles. The van der Waals surface area contributed by atoms with Crippen LogP contribution in [0.4, 0.5) is 5.69 Å². The zero-order chi connectivity index (χ0) is 14.3. The van der Waals surface area contributed by atoms with E-state index in [9.17, 15) is 9.59 Å². The number of hydrogen-bond acceptors (Lipinski definition) is 2. The van der Waals surface area contributed by atoms with Crippen LogP contribution in [0, 0.1) is 0 Å². The summed E-state index contributed by atoms with van der Waals surface area (Å²) < 4.78 is 0. The van der Waals surface area contributed by atoms with Gasteiger partial charge in [0.15, 0.2) is 0 Å². The Hall–Kier alpha value is -2.88. The summed E-state index contributed by atoms with van der Waals surface area (Å²) in [5, 5.41) is 8.89. The second kappa shape index (κ2) is 4.35. The van der Waals surface area contributed by atoms with Gasteiger partial charge >= 0.3 is 5.97 Å². The van der Waals surface area contributed by atoms with Gasteiger partial charge in [-0.2, -0.15) is 0 Å². The molecule has 1 aliphatic heterocycles. The number of carbonyl (C=O) groups excluding carboxylic acids is 1. The minimum Gasteiger partial charge on any atom is -0.478 e. The molecule has 20 heavy (non-hydrogen) atoms. The van der Waals surface area contributed by atoms with E-state index in [-0.39, 0.29) is 11.5 Å². The second-order valence-corrected chi connectivity index (χ2v) is 4.48. The molecule has 0 radical (unpaired) electrons. The van der Waals surface area contributed by atoms with Gasteiger partial charge in [0.2, 0.25) is 0 Å². The molecule has 0 unspecified atom stereocenters. The van der Waals surface area contributed by atoms with Gasteiger partial charge in [0.05, 0.1) is 11.3 Å². The van der Waals surface area contributed by atoms with Crippen LogP contribution in [-0.4, -0.2) is 17.0 Å². The molecular weight excluding hydrogens is 254 g/mol. The molecule has 2 aromatic rings.